The molecule has 0 bridgehead atoms. The van der Waals surface area contributed by atoms with Crippen molar-refractivity contribution in [2.75, 3.05) is 6.61 Å². The maximum absolute atomic E-state index is 5.97. The molecule has 21 heavy (non-hydrogen) atoms. The second-order valence-electron chi connectivity index (χ2n) is 5.75. The Morgan fingerprint density at radius 1 is 1.33 bits per heavy atom. The van der Waals surface area contributed by atoms with Crippen molar-refractivity contribution in [1.82, 2.24) is 9.55 Å². The van der Waals surface area contributed by atoms with Crippen molar-refractivity contribution >= 4 is 11.3 Å². The minimum absolute atomic E-state index is 0.393. The van der Waals surface area contributed by atoms with E-state index in [4.69, 9.17) is 10.5 Å². The monoisotopic (exact) mass is 305 g/mol. The molecular weight excluding hydrogens is 282 g/mol. The minimum atomic E-state index is 0.393. The topological polar surface area (TPSA) is 53.1 Å². The van der Waals surface area contributed by atoms with Gasteiger partial charge in [0, 0.05) is 30.1 Å². The first-order valence-corrected chi connectivity index (χ1v) is 8.67. The fourth-order valence-electron chi connectivity index (χ4n) is 2.89. The summed E-state index contributed by atoms with van der Waals surface area (Å²) >= 11 is 1.72. The first-order chi connectivity index (χ1) is 10.3. The van der Waals surface area contributed by atoms with E-state index >= 15 is 0 Å². The molecular formula is C16H23N3OS. The van der Waals surface area contributed by atoms with Gasteiger partial charge in [-0.3, -0.25) is 0 Å². The molecule has 1 aliphatic rings. The molecule has 2 heterocycles. The molecule has 2 aromatic rings. The van der Waals surface area contributed by atoms with Crippen molar-refractivity contribution in [1.29, 1.82) is 0 Å². The molecule has 0 radical (unpaired) electrons. The lowest BCUT2D eigenvalue weighted by atomic mass is 9.94. The molecule has 1 fully saturated rings. The molecule has 0 atom stereocenters. The molecule has 114 valence electrons. The Kier molecular flexibility index (Phi) is 5.06. The maximum atomic E-state index is 5.97. The van der Waals surface area contributed by atoms with E-state index in [0.717, 1.165) is 45.3 Å². The van der Waals surface area contributed by atoms with Crippen LogP contribution in [-0.4, -0.2) is 28.3 Å². The van der Waals surface area contributed by atoms with Gasteiger partial charge in [-0.1, -0.05) is 0 Å². The molecule has 2 aromatic heterocycles. The summed E-state index contributed by atoms with van der Waals surface area (Å²) in [4.78, 5) is 4.27. The summed E-state index contributed by atoms with van der Waals surface area (Å²) in [6.07, 6.45) is 9.74. The number of ether oxygens (including phenoxy) is 1. The molecule has 2 N–H and O–H groups in total. The molecule has 0 amide bonds. The predicted octanol–water partition coefficient (Wildman–Crippen LogP) is 3.29. The fourth-order valence-corrected chi connectivity index (χ4v) is 3.54. The Morgan fingerprint density at radius 2 is 2.19 bits per heavy atom. The molecule has 1 saturated carbocycles. The Bertz CT molecular complexity index is 529. The SMILES string of the molecule is NC1CCC(OCCCn2cncc2-c2ccsc2)CC1. The van der Waals surface area contributed by atoms with Crippen molar-refractivity contribution in [2.45, 2.75) is 50.8 Å². The fraction of sp³-hybridized carbons (Fsp3) is 0.562. The quantitative estimate of drug-likeness (QED) is 0.833. The molecule has 5 heteroatoms. The number of nitrogens with two attached hydrogens (primary N) is 1. The summed E-state index contributed by atoms with van der Waals surface area (Å²) in [5.74, 6) is 0. The second-order valence-corrected chi connectivity index (χ2v) is 6.53. The lowest BCUT2D eigenvalue weighted by Gasteiger charge is -2.26. The molecule has 4 nitrogen and oxygen atoms in total. The zero-order valence-corrected chi connectivity index (χ0v) is 13.1. The third-order valence-electron chi connectivity index (χ3n) is 4.15. The zero-order chi connectivity index (χ0) is 14.5. The smallest absolute Gasteiger partial charge is 0.0950 e. The van der Waals surface area contributed by atoms with Crippen LogP contribution in [0.2, 0.25) is 0 Å². The van der Waals surface area contributed by atoms with E-state index < -0.39 is 0 Å². The summed E-state index contributed by atoms with van der Waals surface area (Å²) in [7, 11) is 0. The van der Waals surface area contributed by atoms with Crippen LogP contribution in [0.4, 0.5) is 0 Å². The highest BCUT2D eigenvalue weighted by Crippen LogP contribution is 2.22. The van der Waals surface area contributed by atoms with Crippen LogP contribution in [0.15, 0.2) is 29.4 Å². The number of aryl methyl sites for hydroxylation is 1. The first-order valence-electron chi connectivity index (χ1n) is 7.73. The lowest BCUT2D eigenvalue weighted by molar-refractivity contribution is 0.0226. The van der Waals surface area contributed by atoms with Gasteiger partial charge in [0.05, 0.1) is 24.3 Å². The van der Waals surface area contributed by atoms with E-state index in [1.807, 2.05) is 12.5 Å². The van der Waals surface area contributed by atoms with Crippen LogP contribution >= 0.6 is 11.3 Å². The van der Waals surface area contributed by atoms with Crippen LogP contribution < -0.4 is 5.73 Å². The van der Waals surface area contributed by atoms with Crippen LogP contribution in [0.3, 0.4) is 0 Å². The van der Waals surface area contributed by atoms with Gasteiger partial charge in [-0.2, -0.15) is 11.3 Å². The van der Waals surface area contributed by atoms with E-state index in [1.165, 1.54) is 11.3 Å². The molecule has 0 unspecified atom stereocenters. The van der Waals surface area contributed by atoms with E-state index in [9.17, 15) is 0 Å². The van der Waals surface area contributed by atoms with Crippen LogP contribution in [0.1, 0.15) is 32.1 Å². The van der Waals surface area contributed by atoms with Crippen molar-refractivity contribution < 1.29 is 4.74 Å². The van der Waals surface area contributed by atoms with Gasteiger partial charge in [0.1, 0.15) is 0 Å². The van der Waals surface area contributed by atoms with Crippen molar-refractivity contribution in [3.8, 4) is 11.3 Å². The first kappa shape index (κ1) is 14.8. The number of aromatic nitrogens is 2. The third-order valence-corrected chi connectivity index (χ3v) is 4.83. The minimum Gasteiger partial charge on any atom is -0.378 e. The van der Waals surface area contributed by atoms with E-state index in [-0.39, 0.29) is 0 Å². The van der Waals surface area contributed by atoms with E-state index in [2.05, 4.69) is 26.4 Å². The number of imidazole rings is 1. The highest BCUT2D eigenvalue weighted by atomic mass is 32.1. The Balaban J connectivity index is 1.43. The average molecular weight is 305 g/mol. The second kappa shape index (κ2) is 7.20. The molecule has 0 saturated heterocycles. The molecule has 0 aliphatic heterocycles. The predicted molar refractivity (Wildman–Crippen MR) is 86.3 cm³/mol. The van der Waals surface area contributed by atoms with Gasteiger partial charge in [-0.05, 0) is 43.6 Å². The summed E-state index contributed by atoms with van der Waals surface area (Å²) in [5, 5.41) is 4.26. The summed E-state index contributed by atoms with van der Waals surface area (Å²) < 4.78 is 8.18. The number of nitrogens with zero attached hydrogens (tertiary/aromatic N) is 2. The molecule has 0 spiro atoms. The normalized spacial score (nSPS) is 22.5. The number of hydrogen-bond donors (Lipinski definition) is 1. The largest absolute Gasteiger partial charge is 0.378 e. The summed E-state index contributed by atoms with van der Waals surface area (Å²) in [6, 6.07) is 2.53. The number of hydrogen-bond acceptors (Lipinski definition) is 4. The Hall–Kier alpha value is -1.17. The third kappa shape index (κ3) is 3.93. The average Bonchev–Trinajstić information content (AvgIpc) is 3.16. The Morgan fingerprint density at radius 3 is 2.95 bits per heavy atom. The van der Waals surface area contributed by atoms with Crippen molar-refractivity contribution in [2.24, 2.45) is 5.73 Å². The van der Waals surface area contributed by atoms with Gasteiger partial charge in [0.15, 0.2) is 0 Å². The Labute approximate surface area is 129 Å². The van der Waals surface area contributed by atoms with Crippen LogP contribution in [0.25, 0.3) is 11.3 Å². The lowest BCUT2D eigenvalue weighted by Crippen LogP contribution is -2.30. The van der Waals surface area contributed by atoms with Crippen LogP contribution in [-0.2, 0) is 11.3 Å². The highest BCUT2D eigenvalue weighted by molar-refractivity contribution is 7.08. The van der Waals surface area contributed by atoms with Gasteiger partial charge in [-0.15, -0.1) is 0 Å². The van der Waals surface area contributed by atoms with Gasteiger partial charge in [-0.25, -0.2) is 4.98 Å². The number of rotatable bonds is 6. The molecule has 0 aromatic carbocycles. The molecule has 3 rings (SSSR count). The van der Waals surface area contributed by atoms with Gasteiger partial charge in [0.25, 0.3) is 0 Å². The zero-order valence-electron chi connectivity index (χ0n) is 12.3. The van der Waals surface area contributed by atoms with Gasteiger partial charge >= 0.3 is 0 Å². The van der Waals surface area contributed by atoms with Crippen LogP contribution in [0, 0.1) is 0 Å². The highest BCUT2D eigenvalue weighted by Gasteiger charge is 2.18. The van der Waals surface area contributed by atoms with Crippen molar-refractivity contribution in [3.63, 3.8) is 0 Å². The van der Waals surface area contributed by atoms with Gasteiger partial charge < -0.3 is 15.0 Å². The molecule has 1 aliphatic carbocycles. The summed E-state index contributed by atoms with van der Waals surface area (Å²) in [5.41, 5.74) is 8.36. The van der Waals surface area contributed by atoms with Crippen molar-refractivity contribution in [3.05, 3.63) is 29.4 Å². The van der Waals surface area contributed by atoms with E-state index in [0.29, 0.717) is 12.1 Å². The standard InChI is InChI=1S/C16H23N3OS/c17-14-2-4-15(5-3-14)20-8-1-7-19-12-18-10-16(19)13-6-9-21-11-13/h6,9-12,14-15H,1-5,7-8,17H2. The van der Waals surface area contributed by atoms with E-state index in [1.54, 1.807) is 11.3 Å². The maximum Gasteiger partial charge on any atom is 0.0950 e. The van der Waals surface area contributed by atoms with Crippen LogP contribution in [0.5, 0.6) is 0 Å². The summed E-state index contributed by atoms with van der Waals surface area (Å²) in [6.45, 7) is 1.78. The number of thiophene rings is 1. The van der Waals surface area contributed by atoms with Gasteiger partial charge in [0.2, 0.25) is 0 Å².